The maximum Gasteiger partial charge on any atom is 0.268 e. The van der Waals surface area contributed by atoms with Crippen molar-refractivity contribution in [2.75, 3.05) is 11.9 Å². The zero-order valence-corrected chi connectivity index (χ0v) is 18.1. The Morgan fingerprint density at radius 1 is 1.09 bits per heavy atom. The fraction of sp³-hybridized carbons (Fsp3) is 0.130. The van der Waals surface area contributed by atoms with Gasteiger partial charge < -0.3 is 14.7 Å². The Labute approximate surface area is 187 Å². The predicted molar refractivity (Wildman–Crippen MR) is 119 cm³/mol. The third-order valence-electron chi connectivity index (χ3n) is 4.81. The first-order valence-corrected chi connectivity index (χ1v) is 10.6. The van der Waals surface area contributed by atoms with E-state index in [2.05, 4.69) is 15.5 Å². The molecule has 1 atom stereocenters. The average molecular weight is 450 g/mol. The number of aromatic nitrogens is 2. The van der Waals surface area contributed by atoms with Crippen LogP contribution in [0.5, 0.6) is 0 Å². The summed E-state index contributed by atoms with van der Waals surface area (Å²) >= 11 is 1.34. The van der Waals surface area contributed by atoms with Gasteiger partial charge in [-0.2, -0.15) is 4.98 Å². The lowest BCUT2D eigenvalue weighted by Gasteiger charge is -2.20. The van der Waals surface area contributed by atoms with Crippen LogP contribution in [0.15, 0.2) is 70.6 Å². The number of amides is 2. The minimum absolute atomic E-state index is 0.200. The van der Waals surface area contributed by atoms with Gasteiger partial charge in [0, 0.05) is 12.6 Å². The number of benzene rings is 2. The Morgan fingerprint density at radius 3 is 2.56 bits per heavy atom. The summed E-state index contributed by atoms with van der Waals surface area (Å²) in [6.45, 7) is 1.71. The number of rotatable bonds is 6. The second kappa shape index (κ2) is 9.11. The summed E-state index contributed by atoms with van der Waals surface area (Å²) in [5.41, 5.74) is 1.41. The monoisotopic (exact) mass is 450 g/mol. The predicted octanol–water partition coefficient (Wildman–Crippen LogP) is 4.70. The maximum atomic E-state index is 13.1. The molecule has 0 aliphatic rings. The number of hydrogen-bond acceptors (Lipinski definition) is 6. The molecule has 0 spiro atoms. The highest BCUT2D eigenvalue weighted by Crippen LogP contribution is 2.24. The van der Waals surface area contributed by atoms with Crippen molar-refractivity contribution in [1.29, 1.82) is 0 Å². The summed E-state index contributed by atoms with van der Waals surface area (Å²) in [4.78, 5) is 32.1. The van der Waals surface area contributed by atoms with Crippen molar-refractivity contribution in [3.63, 3.8) is 0 Å². The first-order chi connectivity index (χ1) is 15.4. The zero-order chi connectivity index (χ0) is 22.7. The molecule has 2 heterocycles. The third-order valence-corrected chi connectivity index (χ3v) is 5.67. The minimum atomic E-state index is -0.587. The van der Waals surface area contributed by atoms with Crippen molar-refractivity contribution in [3.8, 4) is 11.4 Å². The second-order valence-electron chi connectivity index (χ2n) is 7.02. The lowest BCUT2D eigenvalue weighted by molar-refractivity contribution is 0.0933. The summed E-state index contributed by atoms with van der Waals surface area (Å²) in [5, 5.41) is 8.55. The lowest BCUT2D eigenvalue weighted by atomic mass is 10.1. The van der Waals surface area contributed by atoms with E-state index >= 15 is 0 Å². The lowest BCUT2D eigenvalue weighted by Crippen LogP contribution is -2.31. The highest BCUT2D eigenvalue weighted by molar-refractivity contribution is 7.12. The van der Waals surface area contributed by atoms with Gasteiger partial charge in [-0.25, -0.2) is 4.39 Å². The molecule has 2 aromatic carbocycles. The van der Waals surface area contributed by atoms with E-state index in [1.165, 1.54) is 28.4 Å². The van der Waals surface area contributed by atoms with Gasteiger partial charge in [-0.05, 0) is 54.8 Å². The van der Waals surface area contributed by atoms with E-state index in [0.717, 1.165) is 0 Å². The molecule has 0 saturated carbocycles. The summed E-state index contributed by atoms with van der Waals surface area (Å²) < 4.78 is 18.4. The molecule has 4 rings (SSSR count). The molecule has 0 radical (unpaired) electrons. The van der Waals surface area contributed by atoms with Gasteiger partial charge in [-0.1, -0.05) is 23.4 Å². The van der Waals surface area contributed by atoms with Crippen molar-refractivity contribution in [3.05, 3.63) is 88.2 Å². The van der Waals surface area contributed by atoms with Crippen LogP contribution in [0.3, 0.4) is 0 Å². The molecule has 0 fully saturated rings. The van der Waals surface area contributed by atoms with Gasteiger partial charge in [-0.3, -0.25) is 9.59 Å². The molecule has 0 saturated heterocycles. The summed E-state index contributed by atoms with van der Waals surface area (Å²) in [5.74, 6) is -0.449. The Bertz CT molecular complexity index is 1240. The summed E-state index contributed by atoms with van der Waals surface area (Å²) in [6.07, 6.45) is 0. The Morgan fingerprint density at radius 2 is 1.84 bits per heavy atom. The average Bonchev–Trinajstić information content (AvgIpc) is 3.51. The summed E-state index contributed by atoms with van der Waals surface area (Å²) in [6, 6.07) is 15.5. The van der Waals surface area contributed by atoms with Crippen molar-refractivity contribution >= 4 is 28.8 Å². The van der Waals surface area contributed by atoms with E-state index in [0.29, 0.717) is 27.5 Å². The highest BCUT2D eigenvalue weighted by atomic mass is 32.1. The molecule has 1 N–H and O–H groups in total. The number of thiophene rings is 1. The number of para-hydroxylation sites is 1. The third kappa shape index (κ3) is 4.42. The Kier molecular flexibility index (Phi) is 6.09. The molecular formula is C23H19FN4O3S. The van der Waals surface area contributed by atoms with E-state index in [1.807, 2.05) is 5.38 Å². The van der Waals surface area contributed by atoms with Crippen molar-refractivity contribution in [2.24, 2.45) is 0 Å². The van der Waals surface area contributed by atoms with Gasteiger partial charge in [0.05, 0.1) is 16.1 Å². The van der Waals surface area contributed by atoms with Gasteiger partial charge in [0.25, 0.3) is 11.8 Å². The van der Waals surface area contributed by atoms with Crippen LogP contribution in [0.4, 0.5) is 10.1 Å². The Hall–Kier alpha value is -3.85. The number of nitrogens with zero attached hydrogens (tertiary/aromatic N) is 3. The van der Waals surface area contributed by atoms with E-state index in [4.69, 9.17) is 4.52 Å². The highest BCUT2D eigenvalue weighted by Gasteiger charge is 2.23. The van der Waals surface area contributed by atoms with Crippen molar-refractivity contribution < 1.29 is 18.5 Å². The van der Waals surface area contributed by atoms with Gasteiger partial charge in [0.1, 0.15) is 11.9 Å². The normalized spacial score (nSPS) is 11.7. The smallest absolute Gasteiger partial charge is 0.268 e. The topological polar surface area (TPSA) is 88.3 Å². The fourth-order valence-corrected chi connectivity index (χ4v) is 3.80. The number of anilines is 1. The quantitative estimate of drug-likeness (QED) is 0.460. The van der Waals surface area contributed by atoms with E-state index in [-0.39, 0.29) is 23.5 Å². The molecule has 9 heteroatoms. The first-order valence-electron chi connectivity index (χ1n) is 9.75. The molecule has 4 aromatic rings. The zero-order valence-electron chi connectivity index (χ0n) is 17.3. The van der Waals surface area contributed by atoms with Crippen molar-refractivity contribution in [2.45, 2.75) is 13.0 Å². The SMILES string of the molecule is CC(NC(=O)c1ccccc1N(C)C(=O)c1cccs1)c1nc(-c2ccc(F)cc2)no1. The van der Waals surface area contributed by atoms with Crippen LogP contribution in [0, 0.1) is 5.82 Å². The van der Waals surface area contributed by atoms with Crippen LogP contribution in [0.2, 0.25) is 0 Å². The molecular weight excluding hydrogens is 431 g/mol. The molecule has 0 aliphatic carbocycles. The summed E-state index contributed by atoms with van der Waals surface area (Å²) in [7, 11) is 1.63. The molecule has 7 nitrogen and oxygen atoms in total. The van der Waals surface area contributed by atoms with E-state index < -0.39 is 6.04 Å². The van der Waals surface area contributed by atoms with Gasteiger partial charge in [-0.15, -0.1) is 11.3 Å². The molecule has 1 unspecified atom stereocenters. The largest absolute Gasteiger partial charge is 0.340 e. The van der Waals surface area contributed by atoms with Crippen LogP contribution in [-0.4, -0.2) is 29.0 Å². The molecule has 0 aliphatic heterocycles. The second-order valence-corrected chi connectivity index (χ2v) is 7.96. The minimum Gasteiger partial charge on any atom is -0.340 e. The van der Waals surface area contributed by atoms with Crippen LogP contribution >= 0.6 is 11.3 Å². The molecule has 162 valence electrons. The van der Waals surface area contributed by atoms with Gasteiger partial charge >= 0.3 is 0 Å². The first kappa shape index (κ1) is 21.4. The van der Waals surface area contributed by atoms with E-state index in [1.54, 1.807) is 62.5 Å². The molecule has 0 bridgehead atoms. The number of carbonyl (C=O) groups excluding carboxylic acids is 2. The number of halogens is 1. The molecule has 2 amide bonds. The fourth-order valence-electron chi connectivity index (χ4n) is 3.10. The maximum absolute atomic E-state index is 13.1. The van der Waals surface area contributed by atoms with Gasteiger partial charge in [0.15, 0.2) is 0 Å². The van der Waals surface area contributed by atoms with Crippen molar-refractivity contribution in [1.82, 2.24) is 15.5 Å². The molecule has 32 heavy (non-hydrogen) atoms. The van der Waals surface area contributed by atoms with Crippen LogP contribution in [0.1, 0.15) is 38.9 Å². The molecule has 2 aromatic heterocycles. The van der Waals surface area contributed by atoms with Crippen LogP contribution in [-0.2, 0) is 0 Å². The van der Waals surface area contributed by atoms with Crippen LogP contribution in [0.25, 0.3) is 11.4 Å². The number of hydrogen-bond donors (Lipinski definition) is 1. The van der Waals surface area contributed by atoms with E-state index in [9.17, 15) is 14.0 Å². The standard InChI is InChI=1S/C23H19FN4O3S/c1-14(22-26-20(27-31-22)15-9-11-16(24)12-10-15)25-21(29)17-6-3-4-7-18(17)28(2)23(30)19-8-5-13-32-19/h3-14H,1-2H3,(H,25,29). The number of nitrogens with one attached hydrogen (secondary N) is 1. The van der Waals surface area contributed by atoms with Gasteiger partial charge in [0.2, 0.25) is 11.7 Å². The number of carbonyl (C=O) groups is 2. The Balaban J connectivity index is 1.51. The van der Waals surface area contributed by atoms with Crippen LogP contribution < -0.4 is 10.2 Å².